The molecule has 0 aliphatic carbocycles. The van der Waals surface area contributed by atoms with Gasteiger partial charge < -0.3 is 14.7 Å². The van der Waals surface area contributed by atoms with Crippen molar-refractivity contribution < 1.29 is 4.52 Å². The quantitative estimate of drug-likeness (QED) is 0.243. The van der Waals surface area contributed by atoms with Gasteiger partial charge >= 0.3 is 0 Å². The smallest absolute Gasteiger partial charge is 0.228 e. The minimum atomic E-state index is 0. The third-order valence-corrected chi connectivity index (χ3v) is 5.00. The maximum atomic E-state index is 5.94. The molecule has 0 amide bonds. The Bertz CT molecular complexity index is 1010. The van der Waals surface area contributed by atoms with Gasteiger partial charge in [0.2, 0.25) is 11.7 Å². The molecule has 0 saturated heterocycles. The highest BCUT2D eigenvalue weighted by Crippen LogP contribution is 2.20. The van der Waals surface area contributed by atoms with Crippen LogP contribution in [0.1, 0.15) is 43.8 Å². The Labute approximate surface area is 211 Å². The Morgan fingerprint density at radius 2 is 2.00 bits per heavy atom. The average Bonchev–Trinajstić information content (AvgIpc) is 3.34. The van der Waals surface area contributed by atoms with E-state index in [1.165, 1.54) is 5.56 Å². The van der Waals surface area contributed by atoms with Crippen LogP contribution in [0.2, 0.25) is 5.02 Å². The number of guanidine groups is 1. The van der Waals surface area contributed by atoms with E-state index in [4.69, 9.17) is 21.1 Å². The second-order valence-corrected chi connectivity index (χ2v) is 8.16. The summed E-state index contributed by atoms with van der Waals surface area (Å²) in [6, 6.07) is 7.36. The fraction of sp³-hybridized carbons (Fsp3) is 0.455. The summed E-state index contributed by atoms with van der Waals surface area (Å²) >= 11 is 5.94. The number of aryl methyl sites for hydroxylation is 1. The SMILES string of the molecule is CCNC(=NCCc1nc(-c2ccc(Cl)cc2)no1)N(C)Cc1cn(C)nc1C(C)C.I. The van der Waals surface area contributed by atoms with Gasteiger partial charge in [0, 0.05) is 56.0 Å². The molecule has 0 saturated carbocycles. The molecule has 1 N–H and O–H groups in total. The fourth-order valence-electron chi connectivity index (χ4n) is 3.29. The number of aromatic nitrogens is 4. The van der Waals surface area contributed by atoms with Crippen molar-refractivity contribution in [3.05, 3.63) is 52.6 Å². The van der Waals surface area contributed by atoms with Crippen molar-refractivity contribution in [2.24, 2.45) is 12.0 Å². The largest absolute Gasteiger partial charge is 0.357 e. The van der Waals surface area contributed by atoms with E-state index in [2.05, 4.69) is 52.4 Å². The van der Waals surface area contributed by atoms with E-state index >= 15 is 0 Å². The number of rotatable bonds is 8. The van der Waals surface area contributed by atoms with Crippen LogP contribution in [0.25, 0.3) is 11.4 Å². The Morgan fingerprint density at radius 3 is 2.66 bits per heavy atom. The normalized spacial score (nSPS) is 11.5. The summed E-state index contributed by atoms with van der Waals surface area (Å²) in [5, 5.41) is 12.7. The monoisotopic (exact) mass is 571 g/mol. The van der Waals surface area contributed by atoms with Crippen molar-refractivity contribution in [1.82, 2.24) is 30.1 Å². The molecule has 1 aromatic carbocycles. The first-order chi connectivity index (χ1) is 14.9. The van der Waals surface area contributed by atoms with Crippen LogP contribution in [0.4, 0.5) is 0 Å². The second kappa shape index (κ2) is 12.2. The summed E-state index contributed by atoms with van der Waals surface area (Å²) in [6.45, 7) is 8.44. The molecule has 8 nitrogen and oxygen atoms in total. The third kappa shape index (κ3) is 6.93. The average molecular weight is 572 g/mol. The number of hydrogen-bond donors (Lipinski definition) is 1. The van der Waals surface area contributed by atoms with Gasteiger partial charge in [-0.2, -0.15) is 10.1 Å². The van der Waals surface area contributed by atoms with Crippen molar-refractivity contribution in [2.45, 2.75) is 39.7 Å². The van der Waals surface area contributed by atoms with Crippen molar-refractivity contribution in [3.8, 4) is 11.4 Å². The van der Waals surface area contributed by atoms with Gasteiger partial charge in [0.1, 0.15) is 0 Å². The van der Waals surface area contributed by atoms with Gasteiger partial charge in [-0.05, 0) is 37.1 Å². The van der Waals surface area contributed by atoms with E-state index in [1.807, 2.05) is 43.0 Å². The highest BCUT2D eigenvalue weighted by atomic mass is 127. The molecule has 2 aromatic heterocycles. The Morgan fingerprint density at radius 1 is 1.28 bits per heavy atom. The third-order valence-electron chi connectivity index (χ3n) is 4.75. The van der Waals surface area contributed by atoms with E-state index < -0.39 is 0 Å². The van der Waals surface area contributed by atoms with Gasteiger partial charge in [0.25, 0.3) is 0 Å². The lowest BCUT2D eigenvalue weighted by molar-refractivity contribution is 0.380. The molecule has 0 bridgehead atoms. The van der Waals surface area contributed by atoms with Gasteiger partial charge in [-0.1, -0.05) is 30.6 Å². The maximum Gasteiger partial charge on any atom is 0.228 e. The molecule has 2 heterocycles. The van der Waals surface area contributed by atoms with Gasteiger partial charge in [-0.15, -0.1) is 24.0 Å². The van der Waals surface area contributed by atoms with Crippen LogP contribution in [0.5, 0.6) is 0 Å². The summed E-state index contributed by atoms with van der Waals surface area (Å²) in [4.78, 5) is 11.3. The molecular formula is C22H31ClIN7O. The molecular weight excluding hydrogens is 541 g/mol. The standard InChI is InChI=1S/C22H30ClN7O.HI/c1-6-24-22(29(4)13-17-14-30(5)27-20(17)15(2)3)25-12-11-19-26-21(28-31-19)16-7-9-18(23)10-8-16;/h7-10,14-15H,6,11-13H2,1-5H3,(H,24,25);1H. The van der Waals surface area contributed by atoms with Crippen molar-refractivity contribution in [2.75, 3.05) is 20.1 Å². The molecule has 0 atom stereocenters. The van der Waals surface area contributed by atoms with Crippen LogP contribution in [0.15, 0.2) is 40.0 Å². The van der Waals surface area contributed by atoms with Crippen LogP contribution in [-0.4, -0.2) is 50.9 Å². The summed E-state index contributed by atoms with van der Waals surface area (Å²) in [6.07, 6.45) is 2.64. The molecule has 0 aliphatic heterocycles. The first-order valence-corrected chi connectivity index (χ1v) is 10.9. The molecule has 10 heteroatoms. The zero-order valence-corrected chi connectivity index (χ0v) is 22.3. The van der Waals surface area contributed by atoms with E-state index in [0.717, 1.165) is 30.3 Å². The first-order valence-electron chi connectivity index (χ1n) is 10.5. The van der Waals surface area contributed by atoms with Crippen molar-refractivity contribution >= 4 is 41.5 Å². The van der Waals surface area contributed by atoms with Crippen molar-refractivity contribution in [3.63, 3.8) is 0 Å². The number of halogens is 2. The molecule has 32 heavy (non-hydrogen) atoms. The van der Waals surface area contributed by atoms with Gasteiger partial charge in [-0.25, -0.2) is 0 Å². The molecule has 3 aromatic rings. The number of hydrogen-bond acceptors (Lipinski definition) is 5. The topological polar surface area (TPSA) is 84.4 Å². The van der Waals surface area contributed by atoms with Crippen LogP contribution >= 0.6 is 35.6 Å². The zero-order chi connectivity index (χ0) is 22.4. The number of nitrogens with zero attached hydrogens (tertiary/aromatic N) is 6. The lowest BCUT2D eigenvalue weighted by Crippen LogP contribution is -2.38. The molecule has 0 radical (unpaired) electrons. The lowest BCUT2D eigenvalue weighted by atomic mass is 10.1. The summed E-state index contributed by atoms with van der Waals surface area (Å²) in [5.41, 5.74) is 3.19. The zero-order valence-electron chi connectivity index (χ0n) is 19.2. The van der Waals surface area contributed by atoms with Crippen molar-refractivity contribution in [1.29, 1.82) is 0 Å². The molecule has 0 spiro atoms. The molecule has 0 aliphatic rings. The summed E-state index contributed by atoms with van der Waals surface area (Å²) in [5.74, 6) is 2.31. The second-order valence-electron chi connectivity index (χ2n) is 7.73. The number of nitrogens with one attached hydrogen (secondary N) is 1. The van der Waals surface area contributed by atoms with Gasteiger partial charge in [0.05, 0.1) is 12.2 Å². The minimum Gasteiger partial charge on any atom is -0.357 e. The van der Waals surface area contributed by atoms with E-state index in [9.17, 15) is 0 Å². The lowest BCUT2D eigenvalue weighted by Gasteiger charge is -2.22. The van der Waals surface area contributed by atoms with Gasteiger partial charge in [0.15, 0.2) is 5.96 Å². The highest BCUT2D eigenvalue weighted by Gasteiger charge is 2.15. The van der Waals surface area contributed by atoms with E-state index in [0.29, 0.717) is 35.6 Å². The number of aliphatic imine (C=N–C) groups is 1. The van der Waals surface area contributed by atoms with E-state index in [-0.39, 0.29) is 24.0 Å². The Kier molecular flexibility index (Phi) is 9.95. The molecule has 0 fully saturated rings. The number of benzene rings is 1. The first kappa shape index (κ1) is 26.1. The fourth-order valence-corrected chi connectivity index (χ4v) is 3.42. The Balaban J connectivity index is 0.00000363. The Hall–Kier alpha value is -2.14. The van der Waals surface area contributed by atoms with Crippen LogP contribution in [0.3, 0.4) is 0 Å². The van der Waals surface area contributed by atoms with Gasteiger partial charge in [-0.3, -0.25) is 9.67 Å². The highest BCUT2D eigenvalue weighted by molar-refractivity contribution is 14.0. The minimum absolute atomic E-state index is 0. The van der Waals surface area contributed by atoms with Crippen LogP contribution in [-0.2, 0) is 20.0 Å². The van der Waals surface area contributed by atoms with E-state index in [1.54, 1.807) is 0 Å². The molecule has 174 valence electrons. The predicted octanol–water partition coefficient (Wildman–Crippen LogP) is 4.50. The predicted molar refractivity (Wildman–Crippen MR) is 139 cm³/mol. The summed E-state index contributed by atoms with van der Waals surface area (Å²) in [7, 11) is 3.99. The summed E-state index contributed by atoms with van der Waals surface area (Å²) < 4.78 is 7.26. The maximum absolute atomic E-state index is 5.94. The molecule has 3 rings (SSSR count). The van der Waals surface area contributed by atoms with Crippen LogP contribution in [0, 0.1) is 0 Å². The molecule has 0 unspecified atom stereocenters. The van der Waals surface area contributed by atoms with Crippen LogP contribution < -0.4 is 5.32 Å².